The Morgan fingerprint density at radius 3 is 1.11 bits per heavy atom. The molecule has 0 aliphatic carbocycles. The lowest BCUT2D eigenvalue weighted by molar-refractivity contribution is 0.294. The van der Waals surface area contributed by atoms with E-state index in [2.05, 4.69) is 41.5 Å². The number of hydrogen-bond acceptors (Lipinski definition) is 0. The number of hydrogen-bond donors (Lipinski definition) is 0. The quantitative estimate of drug-likeness (QED) is 0.360. The van der Waals surface area contributed by atoms with Crippen LogP contribution in [0.25, 0.3) is 0 Å². The van der Waals surface area contributed by atoms with E-state index in [0.717, 1.165) is 23.7 Å². The van der Waals surface area contributed by atoms with Crippen molar-refractivity contribution < 1.29 is 0 Å². The summed E-state index contributed by atoms with van der Waals surface area (Å²) in [6, 6.07) is 0. The third-order valence-electron chi connectivity index (χ3n) is 4.60. The van der Waals surface area contributed by atoms with E-state index >= 15 is 0 Å². The lowest BCUT2D eigenvalue weighted by Gasteiger charge is -2.22. The zero-order valence-electron chi connectivity index (χ0n) is 14.0. The Labute approximate surface area is 117 Å². The molecular formula is C18H38. The van der Waals surface area contributed by atoms with Crippen molar-refractivity contribution in [2.45, 2.75) is 92.9 Å². The minimum absolute atomic E-state index is 0.876. The van der Waals surface area contributed by atoms with E-state index in [4.69, 9.17) is 0 Å². The highest BCUT2D eigenvalue weighted by Gasteiger charge is 2.14. The first-order valence-electron chi connectivity index (χ1n) is 8.52. The molecule has 0 aliphatic heterocycles. The summed E-state index contributed by atoms with van der Waals surface area (Å²) >= 11 is 0. The van der Waals surface area contributed by atoms with Crippen LogP contribution in [0.5, 0.6) is 0 Å². The van der Waals surface area contributed by atoms with Gasteiger partial charge in [-0.25, -0.2) is 0 Å². The van der Waals surface area contributed by atoms with E-state index < -0.39 is 0 Å². The molecule has 0 aliphatic rings. The van der Waals surface area contributed by atoms with Crippen LogP contribution in [-0.4, -0.2) is 0 Å². The van der Waals surface area contributed by atoms with Gasteiger partial charge in [-0.1, -0.05) is 92.9 Å². The molecule has 2 unspecified atom stereocenters. The average Bonchev–Trinajstić information content (AvgIpc) is 2.30. The zero-order valence-corrected chi connectivity index (χ0v) is 14.0. The second-order valence-electron chi connectivity index (χ2n) is 6.87. The first-order valence-corrected chi connectivity index (χ1v) is 8.52. The van der Waals surface area contributed by atoms with Crippen LogP contribution in [0.1, 0.15) is 92.9 Å². The predicted molar refractivity (Wildman–Crippen MR) is 84.9 cm³/mol. The molecule has 0 aromatic rings. The lowest BCUT2D eigenvalue weighted by atomic mass is 9.84. The van der Waals surface area contributed by atoms with Gasteiger partial charge < -0.3 is 0 Å². The van der Waals surface area contributed by atoms with Crippen molar-refractivity contribution in [2.75, 3.05) is 0 Å². The topological polar surface area (TPSA) is 0 Å². The highest BCUT2D eigenvalue weighted by atomic mass is 14.2. The largest absolute Gasteiger partial charge is 0.0654 e. The first-order chi connectivity index (χ1) is 8.52. The molecule has 18 heavy (non-hydrogen) atoms. The average molecular weight is 255 g/mol. The summed E-state index contributed by atoms with van der Waals surface area (Å²) in [6.45, 7) is 14.2. The normalized spacial score (nSPS) is 15.3. The zero-order chi connectivity index (χ0) is 14.0. The summed E-state index contributed by atoms with van der Waals surface area (Å²) < 4.78 is 0. The highest BCUT2D eigenvalue weighted by molar-refractivity contribution is 4.66. The van der Waals surface area contributed by atoms with Gasteiger partial charge in [-0.05, 0) is 23.7 Å². The van der Waals surface area contributed by atoms with Crippen molar-refractivity contribution >= 4 is 0 Å². The van der Waals surface area contributed by atoms with Crippen molar-refractivity contribution in [2.24, 2.45) is 23.7 Å². The van der Waals surface area contributed by atoms with Crippen molar-refractivity contribution in [1.82, 2.24) is 0 Å². The van der Waals surface area contributed by atoms with Gasteiger partial charge in [0, 0.05) is 0 Å². The minimum atomic E-state index is 0.876. The minimum Gasteiger partial charge on any atom is -0.0654 e. The van der Waals surface area contributed by atoms with Crippen LogP contribution in [0, 0.1) is 23.7 Å². The molecule has 0 aromatic carbocycles. The van der Waals surface area contributed by atoms with Crippen LogP contribution < -0.4 is 0 Å². The van der Waals surface area contributed by atoms with Crippen molar-refractivity contribution in [3.05, 3.63) is 0 Å². The van der Waals surface area contributed by atoms with E-state index in [-0.39, 0.29) is 0 Å². The molecule has 0 aromatic heterocycles. The van der Waals surface area contributed by atoms with Gasteiger partial charge in [-0.3, -0.25) is 0 Å². The molecule has 0 rings (SSSR count). The molecule has 0 heterocycles. The molecule has 0 amide bonds. The van der Waals surface area contributed by atoms with Gasteiger partial charge in [-0.15, -0.1) is 0 Å². The third kappa shape index (κ3) is 8.16. The van der Waals surface area contributed by atoms with Crippen LogP contribution in [0.4, 0.5) is 0 Å². The maximum atomic E-state index is 2.40. The van der Waals surface area contributed by atoms with E-state index in [0.29, 0.717) is 0 Å². The van der Waals surface area contributed by atoms with Gasteiger partial charge in [0.15, 0.2) is 0 Å². The maximum absolute atomic E-state index is 2.40. The van der Waals surface area contributed by atoms with Crippen molar-refractivity contribution in [1.29, 1.82) is 0 Å². The molecule has 0 saturated heterocycles. The van der Waals surface area contributed by atoms with E-state index in [9.17, 15) is 0 Å². The van der Waals surface area contributed by atoms with Crippen LogP contribution in [-0.2, 0) is 0 Å². The molecule has 0 nitrogen and oxygen atoms in total. The monoisotopic (exact) mass is 254 g/mol. The lowest BCUT2D eigenvalue weighted by Crippen LogP contribution is -2.10. The number of unbranched alkanes of at least 4 members (excludes halogenated alkanes) is 1. The van der Waals surface area contributed by atoms with Gasteiger partial charge in [0.05, 0.1) is 0 Å². The standard InChI is InChI=1S/C18H38/c1-7-11-17(15(3)4)13-9-10-14-18(12-8-2)16(5)6/h15-18H,7-14H2,1-6H3. The summed E-state index contributed by atoms with van der Waals surface area (Å²) in [5, 5.41) is 0. The first kappa shape index (κ1) is 18.0. The highest BCUT2D eigenvalue weighted by Crippen LogP contribution is 2.27. The van der Waals surface area contributed by atoms with Crippen LogP contribution in [0.3, 0.4) is 0 Å². The Morgan fingerprint density at radius 1 is 0.556 bits per heavy atom. The van der Waals surface area contributed by atoms with Gasteiger partial charge >= 0.3 is 0 Å². The fourth-order valence-corrected chi connectivity index (χ4v) is 3.18. The van der Waals surface area contributed by atoms with E-state index in [1.165, 1.54) is 51.4 Å². The molecule has 0 radical (unpaired) electrons. The Morgan fingerprint density at radius 2 is 0.889 bits per heavy atom. The Kier molecular flexibility index (Phi) is 10.9. The second-order valence-corrected chi connectivity index (χ2v) is 6.87. The van der Waals surface area contributed by atoms with Crippen LogP contribution in [0.2, 0.25) is 0 Å². The molecule has 2 atom stereocenters. The summed E-state index contributed by atoms with van der Waals surface area (Å²) in [7, 11) is 0. The van der Waals surface area contributed by atoms with Crippen LogP contribution in [0.15, 0.2) is 0 Å². The Balaban J connectivity index is 3.80. The summed E-state index contributed by atoms with van der Waals surface area (Å²) in [4.78, 5) is 0. The van der Waals surface area contributed by atoms with Crippen molar-refractivity contribution in [3.8, 4) is 0 Å². The third-order valence-corrected chi connectivity index (χ3v) is 4.60. The maximum Gasteiger partial charge on any atom is -0.0391 e. The molecule has 110 valence electrons. The molecule has 0 spiro atoms. The van der Waals surface area contributed by atoms with Crippen LogP contribution >= 0.6 is 0 Å². The fourth-order valence-electron chi connectivity index (χ4n) is 3.18. The van der Waals surface area contributed by atoms with Gasteiger partial charge in [0.2, 0.25) is 0 Å². The molecule has 0 saturated carbocycles. The van der Waals surface area contributed by atoms with E-state index in [1.807, 2.05) is 0 Å². The Hall–Kier alpha value is 0. The molecule has 0 heteroatoms. The van der Waals surface area contributed by atoms with Gasteiger partial charge in [0.25, 0.3) is 0 Å². The van der Waals surface area contributed by atoms with E-state index in [1.54, 1.807) is 0 Å². The van der Waals surface area contributed by atoms with Crippen molar-refractivity contribution in [3.63, 3.8) is 0 Å². The smallest absolute Gasteiger partial charge is 0.0391 e. The summed E-state index contributed by atoms with van der Waals surface area (Å²) in [6.07, 6.45) is 11.4. The fraction of sp³-hybridized carbons (Fsp3) is 1.00. The number of rotatable bonds is 11. The molecular weight excluding hydrogens is 216 g/mol. The SMILES string of the molecule is CCCC(CCCCC(CCC)C(C)C)C(C)C. The molecule has 0 N–H and O–H groups in total. The molecule has 0 bridgehead atoms. The van der Waals surface area contributed by atoms with Gasteiger partial charge in [0.1, 0.15) is 0 Å². The Bertz CT molecular complexity index is 149. The molecule has 0 fully saturated rings. The summed E-state index contributed by atoms with van der Waals surface area (Å²) in [5.41, 5.74) is 0. The summed E-state index contributed by atoms with van der Waals surface area (Å²) in [5.74, 6) is 3.69. The van der Waals surface area contributed by atoms with Gasteiger partial charge in [-0.2, -0.15) is 0 Å². The predicted octanol–water partition coefficient (Wildman–Crippen LogP) is 6.69. The second kappa shape index (κ2) is 10.9.